The van der Waals surface area contributed by atoms with Gasteiger partial charge >= 0.3 is 0 Å². The Kier molecular flexibility index (Phi) is 4.03. The summed E-state index contributed by atoms with van der Waals surface area (Å²) in [5.74, 6) is 0.858. The Morgan fingerprint density at radius 1 is 1.26 bits per heavy atom. The van der Waals surface area contributed by atoms with Crippen molar-refractivity contribution in [3.05, 3.63) is 36.3 Å². The molecule has 1 aliphatic heterocycles. The van der Waals surface area contributed by atoms with E-state index in [1.165, 1.54) is 19.3 Å². The van der Waals surface area contributed by atoms with Gasteiger partial charge < -0.3 is 9.30 Å². The number of fused-ring (bicyclic) bond motifs is 1. The van der Waals surface area contributed by atoms with Gasteiger partial charge in [0.1, 0.15) is 9.97 Å². The molecule has 0 atom stereocenters. The molecule has 19 heavy (non-hydrogen) atoms. The molecule has 0 amide bonds. The van der Waals surface area contributed by atoms with Crippen LogP contribution in [0.15, 0.2) is 30.6 Å². The fourth-order valence-electron chi connectivity index (χ4n) is 2.36. The fraction of sp³-hybridized carbons (Fsp3) is 0.429. The van der Waals surface area contributed by atoms with Gasteiger partial charge in [-0.3, -0.25) is 0 Å². The van der Waals surface area contributed by atoms with Gasteiger partial charge in [0.25, 0.3) is 0 Å². The van der Waals surface area contributed by atoms with E-state index in [9.17, 15) is 0 Å². The third-order valence-electron chi connectivity index (χ3n) is 3.37. The third kappa shape index (κ3) is 3.09. The highest BCUT2D eigenvalue weighted by Gasteiger charge is 2.14. The summed E-state index contributed by atoms with van der Waals surface area (Å²) in [6.45, 7) is 2.24. The van der Waals surface area contributed by atoms with Crippen LogP contribution < -0.4 is 0 Å². The smallest absolute Gasteiger partial charge is 0.137 e. The van der Waals surface area contributed by atoms with Crippen molar-refractivity contribution in [2.75, 3.05) is 13.1 Å². The Hall–Kier alpha value is -1.07. The van der Waals surface area contributed by atoms with Crippen molar-refractivity contribution in [1.82, 2.24) is 14.3 Å². The third-order valence-corrected chi connectivity index (χ3v) is 4.93. The molecular weight excluding hydrogens is 274 g/mol. The molecule has 0 radical (unpaired) electrons. The van der Waals surface area contributed by atoms with Gasteiger partial charge in [0.05, 0.1) is 5.69 Å². The molecule has 3 nitrogen and oxygen atoms in total. The van der Waals surface area contributed by atoms with E-state index < -0.39 is 0 Å². The van der Waals surface area contributed by atoms with Crippen molar-refractivity contribution in [3.8, 4) is 0 Å². The van der Waals surface area contributed by atoms with Crippen LogP contribution in [0.3, 0.4) is 0 Å². The summed E-state index contributed by atoms with van der Waals surface area (Å²) in [7, 11) is 0. The van der Waals surface area contributed by atoms with Gasteiger partial charge in [-0.1, -0.05) is 30.0 Å². The van der Waals surface area contributed by atoms with Gasteiger partial charge in [0.2, 0.25) is 0 Å². The summed E-state index contributed by atoms with van der Waals surface area (Å²) in [6.07, 6.45) is 8.00. The van der Waals surface area contributed by atoms with Crippen LogP contribution in [0, 0.1) is 0 Å². The number of rotatable bonds is 2. The van der Waals surface area contributed by atoms with E-state index >= 15 is 0 Å². The van der Waals surface area contributed by atoms with Crippen molar-refractivity contribution in [2.24, 2.45) is 0 Å². The highest BCUT2D eigenvalue weighted by Crippen LogP contribution is 2.19. The summed E-state index contributed by atoms with van der Waals surface area (Å²) in [5.41, 5.74) is 2.09. The molecule has 0 unspecified atom stereocenters. The minimum atomic E-state index is 0.858. The number of hydrogen-bond acceptors (Lipinski definition) is 3. The van der Waals surface area contributed by atoms with Gasteiger partial charge in [-0.15, -0.1) is 0 Å². The molecule has 3 heterocycles. The average Bonchev–Trinajstić information content (AvgIpc) is 2.88. The number of pyridine rings is 1. The van der Waals surface area contributed by atoms with E-state index in [2.05, 4.69) is 20.5 Å². The zero-order valence-electron chi connectivity index (χ0n) is 10.8. The van der Waals surface area contributed by atoms with Crippen LogP contribution >= 0.6 is 24.0 Å². The summed E-state index contributed by atoms with van der Waals surface area (Å²) in [6, 6.07) is 6.05. The first kappa shape index (κ1) is 12.9. The number of piperidine rings is 1. The highest BCUT2D eigenvalue weighted by atomic mass is 32.2. The molecule has 0 N–H and O–H groups in total. The van der Waals surface area contributed by atoms with E-state index in [0.29, 0.717) is 0 Å². The van der Waals surface area contributed by atoms with Crippen LogP contribution in [0.1, 0.15) is 25.0 Å². The predicted octanol–water partition coefficient (Wildman–Crippen LogP) is 3.34. The van der Waals surface area contributed by atoms with Crippen molar-refractivity contribution in [1.29, 1.82) is 0 Å². The highest BCUT2D eigenvalue weighted by molar-refractivity contribution is 8.22. The number of nitrogens with zero attached hydrogens (tertiary/aromatic N) is 3. The SMILES string of the molecule is S=C(SCc1cn2ccccc2n1)N1CCCCC1. The summed E-state index contributed by atoms with van der Waals surface area (Å²) in [4.78, 5) is 6.93. The zero-order valence-corrected chi connectivity index (χ0v) is 12.4. The van der Waals surface area contributed by atoms with E-state index in [0.717, 1.165) is 34.5 Å². The molecule has 2 aromatic heterocycles. The first-order chi connectivity index (χ1) is 9.33. The Morgan fingerprint density at radius 2 is 2.11 bits per heavy atom. The molecule has 0 spiro atoms. The Bertz CT molecular complexity index is 540. The summed E-state index contributed by atoms with van der Waals surface area (Å²) in [5, 5.41) is 0. The van der Waals surface area contributed by atoms with Gasteiger partial charge in [-0.2, -0.15) is 0 Å². The van der Waals surface area contributed by atoms with Crippen LogP contribution in [-0.2, 0) is 5.75 Å². The van der Waals surface area contributed by atoms with E-state index in [4.69, 9.17) is 12.2 Å². The van der Waals surface area contributed by atoms with E-state index in [1.54, 1.807) is 11.8 Å². The largest absolute Gasteiger partial charge is 0.358 e. The summed E-state index contributed by atoms with van der Waals surface area (Å²) >= 11 is 7.24. The molecule has 1 fully saturated rings. The molecule has 1 aliphatic rings. The molecule has 3 rings (SSSR count). The maximum absolute atomic E-state index is 5.51. The molecule has 100 valence electrons. The quantitative estimate of drug-likeness (QED) is 0.791. The van der Waals surface area contributed by atoms with Crippen LogP contribution in [0.5, 0.6) is 0 Å². The second-order valence-electron chi connectivity index (χ2n) is 4.80. The molecule has 0 bridgehead atoms. The maximum Gasteiger partial charge on any atom is 0.137 e. The number of aromatic nitrogens is 2. The Labute approximate surface area is 123 Å². The number of imidazole rings is 1. The molecule has 5 heteroatoms. The van der Waals surface area contributed by atoms with E-state index in [-0.39, 0.29) is 0 Å². The molecule has 2 aromatic rings. The zero-order chi connectivity index (χ0) is 13.1. The lowest BCUT2D eigenvalue weighted by Crippen LogP contribution is -2.32. The van der Waals surface area contributed by atoms with Gasteiger partial charge in [-0.05, 0) is 31.4 Å². The maximum atomic E-state index is 5.51. The lowest BCUT2D eigenvalue weighted by Gasteiger charge is -2.28. The molecule has 0 saturated carbocycles. The van der Waals surface area contributed by atoms with Gasteiger partial charge in [0.15, 0.2) is 0 Å². The lowest BCUT2D eigenvalue weighted by atomic mass is 10.1. The molecule has 1 saturated heterocycles. The van der Waals surface area contributed by atoms with Crippen molar-refractivity contribution in [2.45, 2.75) is 25.0 Å². The monoisotopic (exact) mass is 291 g/mol. The van der Waals surface area contributed by atoms with Gasteiger partial charge in [-0.25, -0.2) is 4.98 Å². The second-order valence-corrected chi connectivity index (χ2v) is 6.41. The Balaban J connectivity index is 1.60. The van der Waals surface area contributed by atoms with Crippen molar-refractivity contribution < 1.29 is 0 Å². The first-order valence-electron chi connectivity index (χ1n) is 6.67. The van der Waals surface area contributed by atoms with Crippen LogP contribution in [-0.4, -0.2) is 31.7 Å². The minimum absolute atomic E-state index is 0.858. The predicted molar refractivity (Wildman–Crippen MR) is 84.5 cm³/mol. The molecular formula is C14H17N3S2. The Morgan fingerprint density at radius 3 is 2.89 bits per heavy atom. The van der Waals surface area contributed by atoms with Crippen molar-refractivity contribution in [3.63, 3.8) is 0 Å². The fourth-order valence-corrected chi connectivity index (χ4v) is 3.50. The van der Waals surface area contributed by atoms with Gasteiger partial charge in [0, 0.05) is 31.2 Å². The minimum Gasteiger partial charge on any atom is -0.358 e. The van der Waals surface area contributed by atoms with Crippen LogP contribution in [0.25, 0.3) is 5.65 Å². The standard InChI is InChI=1S/C14H17N3S2/c18-14(16-7-3-1-4-8-16)19-11-12-10-17-9-5-2-6-13(17)15-12/h2,5-6,9-10H,1,3-4,7-8,11H2. The normalized spacial score (nSPS) is 15.9. The number of thiocarbonyl (C=S) groups is 1. The number of likely N-dealkylation sites (tertiary alicyclic amines) is 1. The van der Waals surface area contributed by atoms with Crippen molar-refractivity contribution >= 4 is 33.9 Å². The average molecular weight is 291 g/mol. The van der Waals surface area contributed by atoms with Crippen LogP contribution in [0.4, 0.5) is 0 Å². The first-order valence-corrected chi connectivity index (χ1v) is 8.06. The lowest BCUT2D eigenvalue weighted by molar-refractivity contribution is 0.352. The van der Waals surface area contributed by atoms with Crippen LogP contribution in [0.2, 0.25) is 0 Å². The molecule has 0 aliphatic carbocycles. The number of thioether (sulfide) groups is 1. The second kappa shape index (κ2) is 5.92. The summed E-state index contributed by atoms with van der Waals surface area (Å²) < 4.78 is 3.08. The number of hydrogen-bond donors (Lipinski definition) is 0. The van der Waals surface area contributed by atoms with E-state index in [1.807, 2.05) is 24.4 Å². The molecule has 0 aromatic carbocycles. The topological polar surface area (TPSA) is 20.5 Å².